The van der Waals surface area contributed by atoms with E-state index in [0.29, 0.717) is 6.42 Å². The Balaban J connectivity index is 0.000000139. The molecule has 0 aliphatic carbocycles. The summed E-state index contributed by atoms with van der Waals surface area (Å²) in [6.07, 6.45) is 5.21. The van der Waals surface area contributed by atoms with Crippen LogP contribution in [-0.2, 0) is 0 Å². The molecule has 0 amide bonds. The molecule has 0 bridgehead atoms. The van der Waals surface area contributed by atoms with Gasteiger partial charge in [0.1, 0.15) is 0 Å². The SMILES string of the molecule is C=C([O-])CCC.c1ccc(-c2cc3ccccc3s2)nc1.c1ccc(-c2cc3ccccc3s2)nc1. The number of fused-ring (bicyclic) bond motifs is 2. The highest BCUT2D eigenvalue weighted by Crippen LogP contribution is 2.32. The fraction of sp³-hybridized carbons (Fsp3) is 0.0968. The van der Waals surface area contributed by atoms with E-state index in [-0.39, 0.29) is 5.76 Å². The van der Waals surface area contributed by atoms with Crippen molar-refractivity contribution in [2.75, 3.05) is 0 Å². The standard InChI is InChI=1S/2C13H9NS.C5H10O/c2*1-2-7-12-10(5-1)9-13(15-12)11-6-3-4-8-14-11;1-3-4-5(2)6/h2*1-9H;6H,2-4H2,1H3/p-1. The molecule has 0 saturated heterocycles. The third kappa shape index (κ3) is 6.87. The molecule has 180 valence electrons. The first-order valence-corrected chi connectivity index (χ1v) is 13.4. The lowest BCUT2D eigenvalue weighted by atomic mass is 10.2. The molecule has 3 nitrogen and oxygen atoms in total. The van der Waals surface area contributed by atoms with Gasteiger partial charge in [-0.3, -0.25) is 9.97 Å². The zero-order valence-electron chi connectivity index (χ0n) is 20.1. The van der Waals surface area contributed by atoms with Gasteiger partial charge in [-0.15, -0.1) is 35.0 Å². The van der Waals surface area contributed by atoms with Gasteiger partial charge in [0.25, 0.3) is 0 Å². The van der Waals surface area contributed by atoms with Crippen molar-refractivity contribution in [3.63, 3.8) is 0 Å². The maximum absolute atomic E-state index is 9.93. The zero-order chi connectivity index (χ0) is 25.2. The first-order valence-electron chi connectivity index (χ1n) is 11.8. The van der Waals surface area contributed by atoms with E-state index in [1.54, 1.807) is 22.7 Å². The lowest BCUT2D eigenvalue weighted by Gasteiger charge is -2.03. The molecule has 4 heterocycles. The maximum atomic E-state index is 9.93. The van der Waals surface area contributed by atoms with Crippen LogP contribution < -0.4 is 5.11 Å². The van der Waals surface area contributed by atoms with Gasteiger partial charge >= 0.3 is 0 Å². The van der Waals surface area contributed by atoms with E-state index in [1.807, 2.05) is 55.7 Å². The number of hydrogen-bond donors (Lipinski definition) is 0. The van der Waals surface area contributed by atoms with Crippen LogP contribution in [0.15, 0.2) is 122 Å². The zero-order valence-corrected chi connectivity index (χ0v) is 21.8. The van der Waals surface area contributed by atoms with Gasteiger partial charge in [-0.25, -0.2) is 0 Å². The van der Waals surface area contributed by atoms with Gasteiger partial charge in [0.15, 0.2) is 0 Å². The number of rotatable bonds is 4. The molecule has 0 fully saturated rings. The lowest BCUT2D eigenvalue weighted by Crippen LogP contribution is -1.99. The van der Waals surface area contributed by atoms with E-state index in [1.165, 1.54) is 29.9 Å². The van der Waals surface area contributed by atoms with Crippen LogP contribution in [0, 0.1) is 0 Å². The van der Waals surface area contributed by atoms with Gasteiger partial charge in [-0.2, -0.15) is 0 Å². The fourth-order valence-corrected chi connectivity index (χ4v) is 5.59. The Kier molecular flexibility index (Phi) is 8.98. The second-order valence-corrected chi connectivity index (χ2v) is 10.2. The summed E-state index contributed by atoms with van der Waals surface area (Å²) in [5, 5.41) is 12.5. The largest absolute Gasteiger partial charge is 0.876 e. The minimum atomic E-state index is 0.0394. The van der Waals surface area contributed by atoms with Crippen LogP contribution in [0.25, 0.3) is 41.3 Å². The Bertz CT molecular complexity index is 1350. The molecule has 5 heteroatoms. The summed E-state index contributed by atoms with van der Waals surface area (Å²) in [4.78, 5) is 11.2. The Morgan fingerprint density at radius 2 is 1.14 bits per heavy atom. The third-order valence-corrected chi connectivity index (χ3v) is 7.49. The summed E-state index contributed by atoms with van der Waals surface area (Å²) in [5.74, 6) is 0.0394. The molecule has 0 N–H and O–H groups in total. The van der Waals surface area contributed by atoms with E-state index in [4.69, 9.17) is 0 Å². The minimum Gasteiger partial charge on any atom is -0.876 e. The fourth-order valence-electron chi connectivity index (χ4n) is 3.51. The highest BCUT2D eigenvalue weighted by molar-refractivity contribution is 7.22. The molecular formula is C31H27N2OS2-. The lowest BCUT2D eigenvalue weighted by molar-refractivity contribution is -0.305. The quantitative estimate of drug-likeness (QED) is 0.224. The summed E-state index contributed by atoms with van der Waals surface area (Å²) < 4.78 is 2.64. The molecule has 0 aliphatic heterocycles. The van der Waals surface area contributed by atoms with Crippen molar-refractivity contribution in [2.45, 2.75) is 19.8 Å². The third-order valence-electron chi connectivity index (χ3n) is 5.21. The molecule has 0 atom stereocenters. The van der Waals surface area contributed by atoms with Crippen LogP contribution in [0.1, 0.15) is 19.8 Å². The highest BCUT2D eigenvalue weighted by atomic mass is 32.1. The molecule has 36 heavy (non-hydrogen) atoms. The van der Waals surface area contributed by atoms with Crippen molar-refractivity contribution in [1.29, 1.82) is 0 Å². The van der Waals surface area contributed by atoms with E-state index >= 15 is 0 Å². The summed E-state index contributed by atoms with van der Waals surface area (Å²) in [5.41, 5.74) is 2.11. The molecule has 6 rings (SSSR count). The topological polar surface area (TPSA) is 48.8 Å². The van der Waals surface area contributed by atoms with Crippen LogP contribution in [-0.4, -0.2) is 9.97 Å². The van der Waals surface area contributed by atoms with Crippen LogP contribution in [0.5, 0.6) is 0 Å². The molecule has 0 radical (unpaired) electrons. The van der Waals surface area contributed by atoms with Gasteiger partial charge in [-0.05, 0) is 65.7 Å². The number of pyridine rings is 2. The number of allylic oxidation sites excluding steroid dienone is 1. The van der Waals surface area contributed by atoms with Crippen LogP contribution >= 0.6 is 22.7 Å². The van der Waals surface area contributed by atoms with Gasteiger partial charge in [0.05, 0.1) is 21.1 Å². The predicted molar refractivity (Wildman–Crippen MR) is 154 cm³/mol. The van der Waals surface area contributed by atoms with E-state index in [9.17, 15) is 5.11 Å². The molecular weight excluding hydrogens is 480 g/mol. The van der Waals surface area contributed by atoms with Crippen molar-refractivity contribution in [2.24, 2.45) is 0 Å². The van der Waals surface area contributed by atoms with Crippen molar-refractivity contribution in [3.05, 3.63) is 122 Å². The number of aromatic nitrogens is 2. The van der Waals surface area contributed by atoms with Crippen molar-refractivity contribution in [1.82, 2.24) is 9.97 Å². The maximum Gasteiger partial charge on any atom is 0.0802 e. The van der Waals surface area contributed by atoms with Crippen LogP contribution in [0.4, 0.5) is 0 Å². The van der Waals surface area contributed by atoms with Gasteiger partial charge in [-0.1, -0.05) is 61.9 Å². The molecule has 2 aromatic carbocycles. The molecule has 0 aliphatic rings. The van der Waals surface area contributed by atoms with Crippen LogP contribution in [0.2, 0.25) is 0 Å². The van der Waals surface area contributed by atoms with Crippen molar-refractivity contribution < 1.29 is 5.11 Å². The molecule has 0 spiro atoms. The minimum absolute atomic E-state index is 0.0394. The average molecular weight is 508 g/mol. The van der Waals surface area contributed by atoms with Crippen LogP contribution in [0.3, 0.4) is 0 Å². The van der Waals surface area contributed by atoms with E-state index < -0.39 is 0 Å². The van der Waals surface area contributed by atoms with Gasteiger partial charge < -0.3 is 5.11 Å². The molecule has 0 unspecified atom stereocenters. The number of nitrogens with zero attached hydrogens (tertiary/aromatic N) is 2. The van der Waals surface area contributed by atoms with Crippen molar-refractivity contribution in [3.8, 4) is 21.1 Å². The predicted octanol–water partition coefficient (Wildman–Crippen LogP) is 8.59. The second-order valence-electron chi connectivity index (χ2n) is 8.02. The summed E-state index contributed by atoms with van der Waals surface area (Å²) in [6, 6.07) is 33.2. The monoisotopic (exact) mass is 507 g/mol. The normalized spacial score (nSPS) is 10.2. The number of hydrogen-bond acceptors (Lipinski definition) is 5. The Morgan fingerprint density at radius 1 is 0.694 bits per heavy atom. The van der Waals surface area contributed by atoms with Gasteiger partial charge in [0, 0.05) is 21.8 Å². The smallest absolute Gasteiger partial charge is 0.0802 e. The van der Waals surface area contributed by atoms with Crippen molar-refractivity contribution >= 4 is 42.8 Å². The second kappa shape index (κ2) is 12.8. The Morgan fingerprint density at radius 3 is 1.47 bits per heavy atom. The molecule has 4 aromatic heterocycles. The highest BCUT2D eigenvalue weighted by Gasteiger charge is 2.04. The Labute approximate surface area is 220 Å². The average Bonchev–Trinajstić information content (AvgIpc) is 3.55. The van der Waals surface area contributed by atoms with E-state index in [0.717, 1.165) is 17.8 Å². The van der Waals surface area contributed by atoms with Gasteiger partial charge in [0.2, 0.25) is 0 Å². The number of thiophene rings is 2. The molecule has 6 aromatic rings. The summed E-state index contributed by atoms with van der Waals surface area (Å²) in [6.45, 7) is 5.15. The number of benzene rings is 2. The first-order chi connectivity index (χ1) is 17.6. The summed E-state index contributed by atoms with van der Waals surface area (Å²) >= 11 is 3.58. The summed E-state index contributed by atoms with van der Waals surface area (Å²) in [7, 11) is 0. The Hall–Kier alpha value is -3.80. The first kappa shape index (κ1) is 25.3. The molecule has 0 saturated carbocycles. The van der Waals surface area contributed by atoms with E-state index in [2.05, 4.69) is 77.2 Å².